The molecular formula is C16H36. The number of rotatable bonds is 5. The van der Waals surface area contributed by atoms with Gasteiger partial charge in [0.2, 0.25) is 0 Å². The number of unbranched alkanes of at least 4 members (excludes halogenated alkanes) is 2. The van der Waals surface area contributed by atoms with Gasteiger partial charge in [-0.3, -0.25) is 0 Å². The van der Waals surface area contributed by atoms with Crippen LogP contribution in [-0.4, -0.2) is 0 Å². The number of hydrogen-bond donors (Lipinski definition) is 0. The summed E-state index contributed by atoms with van der Waals surface area (Å²) in [5.74, 6) is 0.867. The second-order valence-corrected chi connectivity index (χ2v) is 4.38. The molecule has 0 aliphatic rings. The lowest BCUT2D eigenvalue weighted by atomic mass is 10.1. The van der Waals surface area contributed by atoms with Gasteiger partial charge in [0.05, 0.1) is 0 Å². The Bertz CT molecular complexity index is 101. The molecule has 0 aliphatic carbocycles. The molecule has 0 aliphatic heterocycles. The quantitative estimate of drug-likeness (QED) is 0.464. The van der Waals surface area contributed by atoms with Gasteiger partial charge in [0.1, 0.15) is 0 Å². The Morgan fingerprint density at radius 1 is 0.938 bits per heavy atom. The molecule has 1 atom stereocenters. The molecule has 0 aromatic rings. The van der Waals surface area contributed by atoms with Crippen molar-refractivity contribution in [3.8, 4) is 0 Å². The Hall–Kier alpha value is -0.260. The van der Waals surface area contributed by atoms with Crippen molar-refractivity contribution < 1.29 is 0 Å². The van der Waals surface area contributed by atoms with E-state index in [1.165, 1.54) is 38.5 Å². The Morgan fingerprint density at radius 3 is 1.56 bits per heavy atom. The average Bonchev–Trinajstić information content (AvgIpc) is 2.29. The second kappa shape index (κ2) is 24.1. The van der Waals surface area contributed by atoms with Crippen LogP contribution in [-0.2, 0) is 0 Å². The zero-order valence-electron chi connectivity index (χ0n) is 13.0. The van der Waals surface area contributed by atoms with Crippen LogP contribution in [0.25, 0.3) is 0 Å². The lowest BCUT2D eigenvalue weighted by Crippen LogP contribution is -1.86. The van der Waals surface area contributed by atoms with Gasteiger partial charge in [-0.15, -0.1) is 0 Å². The van der Waals surface area contributed by atoms with Crippen LogP contribution in [0.15, 0.2) is 12.2 Å². The van der Waals surface area contributed by atoms with E-state index in [9.17, 15) is 0 Å². The van der Waals surface area contributed by atoms with Gasteiger partial charge >= 0.3 is 0 Å². The molecule has 0 nitrogen and oxygen atoms in total. The first kappa shape index (κ1) is 21.1. The SMILES string of the molecule is C/C=C\CC(C)CC.CCC.CCCCC. The van der Waals surface area contributed by atoms with Crippen LogP contribution in [0.4, 0.5) is 0 Å². The topological polar surface area (TPSA) is 0 Å². The molecule has 0 N–H and O–H groups in total. The van der Waals surface area contributed by atoms with Crippen LogP contribution < -0.4 is 0 Å². The molecule has 0 rings (SSSR count). The van der Waals surface area contributed by atoms with E-state index in [4.69, 9.17) is 0 Å². The van der Waals surface area contributed by atoms with Crippen molar-refractivity contribution in [1.82, 2.24) is 0 Å². The molecule has 0 aromatic carbocycles. The van der Waals surface area contributed by atoms with E-state index in [2.05, 4.69) is 60.6 Å². The van der Waals surface area contributed by atoms with Crippen LogP contribution >= 0.6 is 0 Å². The largest absolute Gasteiger partial charge is 0.0917 e. The molecule has 0 saturated heterocycles. The van der Waals surface area contributed by atoms with Crippen LogP contribution in [0.1, 0.15) is 87.0 Å². The maximum Gasteiger partial charge on any atom is -0.0325 e. The van der Waals surface area contributed by atoms with Gasteiger partial charge in [-0.1, -0.05) is 85.8 Å². The summed E-state index contributed by atoms with van der Waals surface area (Å²) in [5, 5.41) is 0. The molecule has 0 spiro atoms. The van der Waals surface area contributed by atoms with Crippen LogP contribution in [0.5, 0.6) is 0 Å². The predicted molar refractivity (Wildman–Crippen MR) is 80.1 cm³/mol. The minimum absolute atomic E-state index is 0.867. The van der Waals surface area contributed by atoms with E-state index in [-0.39, 0.29) is 0 Å². The van der Waals surface area contributed by atoms with Crippen LogP contribution in [0, 0.1) is 5.92 Å². The zero-order valence-corrected chi connectivity index (χ0v) is 13.0. The minimum Gasteiger partial charge on any atom is -0.0917 e. The van der Waals surface area contributed by atoms with Gasteiger partial charge in [-0.05, 0) is 19.3 Å². The van der Waals surface area contributed by atoms with Crippen molar-refractivity contribution in [3.63, 3.8) is 0 Å². The fourth-order valence-electron chi connectivity index (χ4n) is 0.889. The first-order chi connectivity index (χ1) is 7.64. The molecule has 0 saturated carbocycles. The summed E-state index contributed by atoms with van der Waals surface area (Å²) in [6.45, 7) is 15.3. The highest BCUT2D eigenvalue weighted by molar-refractivity contribution is 4.78. The van der Waals surface area contributed by atoms with E-state index in [1.807, 2.05) is 0 Å². The normalized spacial score (nSPS) is 11.2. The van der Waals surface area contributed by atoms with Gasteiger partial charge in [0.15, 0.2) is 0 Å². The minimum atomic E-state index is 0.867. The summed E-state index contributed by atoms with van der Waals surface area (Å²) in [7, 11) is 0. The molecular weight excluding hydrogens is 192 g/mol. The van der Waals surface area contributed by atoms with E-state index >= 15 is 0 Å². The third kappa shape index (κ3) is 37.2. The maximum absolute atomic E-state index is 2.28. The second-order valence-electron chi connectivity index (χ2n) is 4.38. The Morgan fingerprint density at radius 2 is 1.38 bits per heavy atom. The van der Waals surface area contributed by atoms with E-state index < -0.39 is 0 Å². The molecule has 1 unspecified atom stereocenters. The summed E-state index contributed by atoms with van der Waals surface area (Å²) < 4.78 is 0. The van der Waals surface area contributed by atoms with Gasteiger partial charge in [0, 0.05) is 0 Å². The van der Waals surface area contributed by atoms with Gasteiger partial charge in [0.25, 0.3) is 0 Å². The van der Waals surface area contributed by atoms with Crippen molar-refractivity contribution in [1.29, 1.82) is 0 Å². The van der Waals surface area contributed by atoms with Crippen molar-refractivity contribution in [2.45, 2.75) is 87.0 Å². The molecule has 0 heteroatoms. The highest BCUT2D eigenvalue weighted by Gasteiger charge is 1.91. The monoisotopic (exact) mass is 228 g/mol. The number of allylic oxidation sites excluding steroid dienone is 2. The van der Waals surface area contributed by atoms with Gasteiger partial charge in [-0.25, -0.2) is 0 Å². The van der Waals surface area contributed by atoms with Crippen LogP contribution in [0.2, 0.25) is 0 Å². The predicted octanol–water partition coefficient (Wildman–Crippen LogP) is 6.61. The fourth-order valence-corrected chi connectivity index (χ4v) is 0.889. The summed E-state index contributed by atoms with van der Waals surface area (Å²) >= 11 is 0. The standard InChI is InChI=1S/C8H16.C5H12.C3H8/c1-4-6-7-8(3)5-2;1-3-5-4-2;1-3-2/h4,6,8H,5,7H2,1-3H3;3-5H2,1-2H3;3H2,1-2H3/b6-4-;;. The Kier molecular flexibility index (Phi) is 31.8. The average molecular weight is 228 g/mol. The third-order valence-electron chi connectivity index (χ3n) is 2.18. The van der Waals surface area contributed by atoms with Crippen molar-refractivity contribution in [3.05, 3.63) is 12.2 Å². The Balaban J connectivity index is -0.000000181. The third-order valence-corrected chi connectivity index (χ3v) is 2.18. The van der Waals surface area contributed by atoms with E-state index in [0.29, 0.717) is 0 Å². The lowest BCUT2D eigenvalue weighted by molar-refractivity contribution is 0.572. The maximum atomic E-state index is 2.28. The number of hydrogen-bond acceptors (Lipinski definition) is 0. The van der Waals surface area contributed by atoms with Crippen molar-refractivity contribution in [2.24, 2.45) is 5.92 Å². The highest BCUT2D eigenvalue weighted by atomic mass is 14.0. The molecule has 0 heterocycles. The first-order valence-corrected chi connectivity index (χ1v) is 7.25. The summed E-state index contributed by atoms with van der Waals surface area (Å²) in [5.41, 5.74) is 0. The summed E-state index contributed by atoms with van der Waals surface area (Å²) in [6.07, 6.45) is 12.2. The van der Waals surface area contributed by atoms with E-state index in [0.717, 1.165) is 5.92 Å². The van der Waals surface area contributed by atoms with Crippen molar-refractivity contribution in [2.75, 3.05) is 0 Å². The van der Waals surface area contributed by atoms with Gasteiger partial charge < -0.3 is 0 Å². The molecule has 16 heavy (non-hydrogen) atoms. The molecule has 0 amide bonds. The van der Waals surface area contributed by atoms with Crippen molar-refractivity contribution >= 4 is 0 Å². The summed E-state index contributed by atoms with van der Waals surface area (Å²) in [4.78, 5) is 0. The first-order valence-electron chi connectivity index (χ1n) is 7.25. The zero-order chi connectivity index (χ0) is 13.2. The molecule has 0 bridgehead atoms. The molecule has 100 valence electrons. The summed E-state index contributed by atoms with van der Waals surface area (Å²) in [6, 6.07) is 0. The molecule has 0 aromatic heterocycles. The van der Waals surface area contributed by atoms with Gasteiger partial charge in [-0.2, -0.15) is 0 Å². The molecule has 0 fully saturated rings. The fraction of sp³-hybridized carbons (Fsp3) is 0.875. The lowest BCUT2D eigenvalue weighted by Gasteiger charge is -2.00. The smallest absolute Gasteiger partial charge is 0.0325 e. The highest BCUT2D eigenvalue weighted by Crippen LogP contribution is 2.05. The Labute approximate surface area is 106 Å². The van der Waals surface area contributed by atoms with E-state index in [1.54, 1.807) is 0 Å². The molecule has 0 radical (unpaired) electrons. The van der Waals surface area contributed by atoms with Crippen LogP contribution in [0.3, 0.4) is 0 Å².